The van der Waals surface area contributed by atoms with E-state index in [1.54, 1.807) is 12.3 Å². The second-order valence-electron chi connectivity index (χ2n) is 3.26. The van der Waals surface area contributed by atoms with Gasteiger partial charge in [-0.15, -0.1) is 0 Å². The van der Waals surface area contributed by atoms with Gasteiger partial charge in [0.2, 0.25) is 0 Å². The van der Waals surface area contributed by atoms with Crippen LogP contribution in [0.4, 0.5) is 21.5 Å². The predicted octanol–water partition coefficient (Wildman–Crippen LogP) is 3.20. The fraction of sp³-hybridized carbons (Fsp3) is 0. The van der Waals surface area contributed by atoms with Crippen LogP contribution in [0.3, 0.4) is 0 Å². The molecule has 0 saturated heterocycles. The Labute approximate surface area is 97.1 Å². The smallest absolute Gasteiger partial charge is 0.125 e. The van der Waals surface area contributed by atoms with Crippen LogP contribution in [0.1, 0.15) is 0 Å². The van der Waals surface area contributed by atoms with Crippen molar-refractivity contribution in [3.05, 3.63) is 47.5 Å². The van der Waals surface area contributed by atoms with Gasteiger partial charge in [-0.05, 0) is 24.3 Å². The van der Waals surface area contributed by atoms with Crippen molar-refractivity contribution in [2.75, 3.05) is 11.1 Å². The molecule has 0 bridgehead atoms. The maximum atomic E-state index is 13.0. The highest BCUT2D eigenvalue weighted by molar-refractivity contribution is 6.33. The number of hydrogen-bond donors (Lipinski definition) is 2. The van der Waals surface area contributed by atoms with Gasteiger partial charge in [-0.1, -0.05) is 11.6 Å². The van der Waals surface area contributed by atoms with Gasteiger partial charge in [-0.3, -0.25) is 4.98 Å². The summed E-state index contributed by atoms with van der Waals surface area (Å²) < 4.78 is 13.0. The fourth-order valence-corrected chi connectivity index (χ4v) is 1.44. The monoisotopic (exact) mass is 237 g/mol. The van der Waals surface area contributed by atoms with Crippen LogP contribution >= 0.6 is 11.6 Å². The quantitative estimate of drug-likeness (QED) is 0.843. The van der Waals surface area contributed by atoms with Gasteiger partial charge in [-0.25, -0.2) is 4.39 Å². The molecule has 0 radical (unpaired) electrons. The molecule has 2 aromatic rings. The largest absolute Gasteiger partial charge is 0.397 e. The number of benzene rings is 1. The molecule has 5 heteroatoms. The molecule has 0 aliphatic heterocycles. The van der Waals surface area contributed by atoms with Gasteiger partial charge in [0, 0.05) is 6.20 Å². The van der Waals surface area contributed by atoms with Gasteiger partial charge >= 0.3 is 0 Å². The minimum Gasteiger partial charge on any atom is -0.397 e. The minimum absolute atomic E-state index is 0.358. The molecule has 0 spiro atoms. The Kier molecular flexibility index (Phi) is 2.92. The van der Waals surface area contributed by atoms with Crippen molar-refractivity contribution in [1.29, 1.82) is 0 Å². The Bertz CT molecular complexity index is 516. The number of nitrogens with one attached hydrogen (secondary N) is 1. The highest BCUT2D eigenvalue weighted by atomic mass is 35.5. The van der Waals surface area contributed by atoms with E-state index in [0.29, 0.717) is 22.1 Å². The van der Waals surface area contributed by atoms with Gasteiger partial charge < -0.3 is 11.1 Å². The molecule has 0 saturated carbocycles. The van der Waals surface area contributed by atoms with Gasteiger partial charge in [0.15, 0.2) is 0 Å². The number of anilines is 3. The first-order valence-corrected chi connectivity index (χ1v) is 4.95. The second-order valence-corrected chi connectivity index (χ2v) is 3.66. The minimum atomic E-state index is -0.358. The van der Waals surface area contributed by atoms with Crippen molar-refractivity contribution in [1.82, 2.24) is 4.98 Å². The van der Waals surface area contributed by atoms with E-state index in [2.05, 4.69) is 10.3 Å². The summed E-state index contributed by atoms with van der Waals surface area (Å²) in [6, 6.07) is 5.78. The summed E-state index contributed by atoms with van der Waals surface area (Å²) >= 11 is 5.91. The molecular formula is C11H9ClFN3. The summed E-state index contributed by atoms with van der Waals surface area (Å²) in [5.74, 6) is -0.358. The molecule has 0 atom stereocenters. The fourth-order valence-electron chi connectivity index (χ4n) is 1.27. The molecule has 1 heterocycles. The van der Waals surface area contributed by atoms with Crippen molar-refractivity contribution in [2.24, 2.45) is 0 Å². The first-order valence-electron chi connectivity index (χ1n) is 4.58. The zero-order chi connectivity index (χ0) is 11.5. The summed E-state index contributed by atoms with van der Waals surface area (Å²) in [7, 11) is 0. The van der Waals surface area contributed by atoms with Gasteiger partial charge in [-0.2, -0.15) is 0 Å². The zero-order valence-corrected chi connectivity index (χ0v) is 9.00. The van der Waals surface area contributed by atoms with Crippen LogP contribution < -0.4 is 11.1 Å². The summed E-state index contributed by atoms with van der Waals surface area (Å²) in [5, 5.41) is 3.37. The van der Waals surface area contributed by atoms with Crippen LogP contribution in [0.2, 0.25) is 5.02 Å². The van der Waals surface area contributed by atoms with Crippen molar-refractivity contribution < 1.29 is 4.39 Å². The van der Waals surface area contributed by atoms with Crippen LogP contribution in [0, 0.1) is 5.82 Å². The van der Waals surface area contributed by atoms with Crippen LogP contribution in [-0.2, 0) is 0 Å². The first kappa shape index (κ1) is 10.7. The molecule has 0 aliphatic carbocycles. The molecular weight excluding hydrogens is 229 g/mol. The Morgan fingerprint density at radius 2 is 2.06 bits per heavy atom. The second kappa shape index (κ2) is 4.37. The summed E-state index contributed by atoms with van der Waals surface area (Å²) in [5.41, 5.74) is 7.24. The van der Waals surface area contributed by atoms with E-state index in [0.717, 1.165) is 0 Å². The molecule has 0 amide bonds. The van der Waals surface area contributed by atoms with Crippen molar-refractivity contribution >= 4 is 28.7 Å². The molecule has 0 fully saturated rings. The van der Waals surface area contributed by atoms with Crippen LogP contribution in [0.25, 0.3) is 0 Å². The topological polar surface area (TPSA) is 50.9 Å². The Balaban J connectivity index is 2.30. The number of aromatic nitrogens is 1. The average Bonchev–Trinajstić information content (AvgIpc) is 2.24. The molecule has 0 aliphatic rings. The number of nitrogens with two attached hydrogens (primary N) is 1. The van der Waals surface area contributed by atoms with E-state index in [-0.39, 0.29) is 5.82 Å². The normalized spacial score (nSPS) is 10.1. The van der Waals surface area contributed by atoms with Crippen LogP contribution in [0.5, 0.6) is 0 Å². The number of halogens is 2. The summed E-state index contributed by atoms with van der Waals surface area (Å²) in [6.45, 7) is 0. The number of hydrogen-bond acceptors (Lipinski definition) is 3. The van der Waals surface area contributed by atoms with Crippen LogP contribution in [-0.4, -0.2) is 4.98 Å². The molecule has 3 N–H and O–H groups in total. The van der Waals surface area contributed by atoms with Crippen molar-refractivity contribution in [2.45, 2.75) is 0 Å². The lowest BCUT2D eigenvalue weighted by Crippen LogP contribution is -1.94. The first-order chi connectivity index (χ1) is 7.65. The Morgan fingerprint density at radius 3 is 2.81 bits per heavy atom. The van der Waals surface area contributed by atoms with Gasteiger partial charge in [0.05, 0.1) is 28.3 Å². The number of rotatable bonds is 2. The maximum absolute atomic E-state index is 13.0. The third kappa shape index (κ3) is 2.41. The molecule has 1 aromatic heterocycles. The highest BCUT2D eigenvalue weighted by Crippen LogP contribution is 2.26. The van der Waals surface area contributed by atoms with Crippen molar-refractivity contribution in [3.8, 4) is 0 Å². The van der Waals surface area contributed by atoms with E-state index in [9.17, 15) is 4.39 Å². The van der Waals surface area contributed by atoms with E-state index in [4.69, 9.17) is 17.3 Å². The Morgan fingerprint density at radius 1 is 1.25 bits per heavy atom. The van der Waals surface area contributed by atoms with E-state index in [1.807, 2.05) is 0 Å². The molecule has 0 unspecified atom stereocenters. The Hall–Kier alpha value is -1.81. The van der Waals surface area contributed by atoms with Crippen molar-refractivity contribution in [3.63, 3.8) is 0 Å². The average molecular weight is 238 g/mol. The number of pyridine rings is 1. The molecule has 1 aromatic carbocycles. The third-order valence-electron chi connectivity index (χ3n) is 1.97. The zero-order valence-electron chi connectivity index (χ0n) is 8.24. The van der Waals surface area contributed by atoms with E-state index < -0.39 is 0 Å². The number of nitrogens with zero attached hydrogens (tertiary/aromatic N) is 1. The van der Waals surface area contributed by atoms with Gasteiger partial charge in [0.25, 0.3) is 0 Å². The molecule has 2 rings (SSSR count). The number of nitrogen functional groups attached to an aromatic ring is 1. The standard InChI is InChI=1S/C11H9ClFN3/c12-10-2-1-7(13)3-11(10)16-9-4-8(14)5-15-6-9/h1-6,16H,14H2. The molecule has 3 nitrogen and oxygen atoms in total. The highest BCUT2D eigenvalue weighted by Gasteiger charge is 2.02. The third-order valence-corrected chi connectivity index (χ3v) is 2.30. The molecule has 82 valence electrons. The SMILES string of the molecule is Nc1cncc(Nc2cc(F)ccc2Cl)c1. The van der Waals surface area contributed by atoms with E-state index in [1.165, 1.54) is 24.4 Å². The predicted molar refractivity (Wildman–Crippen MR) is 63.3 cm³/mol. The lowest BCUT2D eigenvalue weighted by atomic mass is 10.3. The summed E-state index contributed by atoms with van der Waals surface area (Å²) in [4.78, 5) is 3.91. The lowest BCUT2D eigenvalue weighted by Gasteiger charge is -2.08. The van der Waals surface area contributed by atoms with E-state index >= 15 is 0 Å². The lowest BCUT2D eigenvalue weighted by molar-refractivity contribution is 0.628. The van der Waals surface area contributed by atoms with Gasteiger partial charge in [0.1, 0.15) is 5.82 Å². The maximum Gasteiger partial charge on any atom is 0.125 e. The summed E-state index contributed by atoms with van der Waals surface area (Å²) in [6.07, 6.45) is 3.11. The molecule has 16 heavy (non-hydrogen) atoms. The van der Waals surface area contributed by atoms with Crippen LogP contribution in [0.15, 0.2) is 36.7 Å².